The Morgan fingerprint density at radius 1 is 1.28 bits per heavy atom. The molecular weight excluding hydrogens is 250 g/mol. The van der Waals surface area contributed by atoms with E-state index in [1.54, 1.807) is 26.0 Å². The van der Waals surface area contributed by atoms with Gasteiger partial charge in [-0.1, -0.05) is 48.8 Å². The fraction of sp³-hybridized carbons (Fsp3) is 0.462. The Hall–Kier alpha value is -1.36. The molecule has 0 spiro atoms. The molecule has 0 bridgehead atoms. The molecular formula is C13H19NO3S. The van der Waals surface area contributed by atoms with E-state index in [0.29, 0.717) is 12.0 Å². The van der Waals surface area contributed by atoms with E-state index < -0.39 is 15.1 Å². The number of aryl methyl sites for hydroxylation is 1. The van der Waals surface area contributed by atoms with Gasteiger partial charge in [0.15, 0.2) is 9.84 Å². The maximum absolute atomic E-state index is 12.0. The minimum absolute atomic E-state index is 0.0381. The first-order valence-electron chi connectivity index (χ1n) is 5.96. The van der Waals surface area contributed by atoms with Gasteiger partial charge in [-0.15, -0.1) is 0 Å². The fourth-order valence-corrected chi connectivity index (χ4v) is 3.28. The minimum atomic E-state index is -3.27. The van der Waals surface area contributed by atoms with Crippen molar-refractivity contribution >= 4 is 15.5 Å². The monoisotopic (exact) mass is 269 g/mol. The molecule has 1 unspecified atom stereocenters. The number of benzene rings is 1. The van der Waals surface area contributed by atoms with Crippen molar-refractivity contribution < 1.29 is 13.6 Å². The van der Waals surface area contributed by atoms with Crippen LogP contribution in [0.3, 0.4) is 0 Å². The van der Waals surface area contributed by atoms with Crippen LogP contribution in [0.2, 0.25) is 0 Å². The van der Waals surface area contributed by atoms with Gasteiger partial charge in [-0.05, 0) is 13.3 Å². The SMILES string of the molecule is CCC(/C(=N/O)c1ccc(C)cc1)S(=O)(=O)CC. The number of hydrogen-bond donors (Lipinski definition) is 1. The van der Waals surface area contributed by atoms with Crippen LogP contribution < -0.4 is 0 Å². The molecule has 5 heteroatoms. The summed E-state index contributed by atoms with van der Waals surface area (Å²) in [5.74, 6) is 0.0381. The number of sulfone groups is 1. The third-order valence-corrected chi connectivity index (χ3v) is 5.20. The van der Waals surface area contributed by atoms with Gasteiger partial charge in [-0.25, -0.2) is 8.42 Å². The second-order valence-electron chi connectivity index (χ2n) is 4.20. The summed E-state index contributed by atoms with van der Waals surface area (Å²) in [4.78, 5) is 0. The van der Waals surface area contributed by atoms with Crippen LogP contribution in [0.4, 0.5) is 0 Å². The van der Waals surface area contributed by atoms with E-state index in [0.717, 1.165) is 5.56 Å². The zero-order valence-electron chi connectivity index (χ0n) is 10.9. The number of oxime groups is 1. The molecule has 0 aromatic heterocycles. The van der Waals surface area contributed by atoms with Gasteiger partial charge >= 0.3 is 0 Å². The van der Waals surface area contributed by atoms with Crippen LogP contribution >= 0.6 is 0 Å². The minimum Gasteiger partial charge on any atom is -0.411 e. The van der Waals surface area contributed by atoms with Crippen molar-refractivity contribution in [2.75, 3.05) is 5.75 Å². The summed E-state index contributed by atoms with van der Waals surface area (Å²) in [5, 5.41) is 11.6. The number of rotatable bonds is 5. The predicted molar refractivity (Wildman–Crippen MR) is 73.0 cm³/mol. The molecule has 0 fully saturated rings. The van der Waals surface area contributed by atoms with Crippen LogP contribution in [0, 0.1) is 6.92 Å². The van der Waals surface area contributed by atoms with E-state index in [1.807, 2.05) is 19.1 Å². The first-order chi connectivity index (χ1) is 8.46. The zero-order valence-corrected chi connectivity index (χ0v) is 11.7. The number of nitrogens with zero attached hydrogens (tertiary/aromatic N) is 1. The lowest BCUT2D eigenvalue weighted by molar-refractivity contribution is 0.318. The normalized spacial score (nSPS) is 14.5. The van der Waals surface area contributed by atoms with Crippen LogP contribution in [-0.4, -0.2) is 30.3 Å². The summed E-state index contributed by atoms with van der Waals surface area (Å²) in [6.45, 7) is 5.32. The predicted octanol–water partition coefficient (Wildman–Crippen LogP) is 2.39. The molecule has 4 nitrogen and oxygen atoms in total. The smallest absolute Gasteiger partial charge is 0.158 e. The molecule has 0 saturated carbocycles. The second-order valence-corrected chi connectivity index (χ2v) is 6.67. The van der Waals surface area contributed by atoms with Crippen molar-refractivity contribution in [1.82, 2.24) is 0 Å². The first kappa shape index (κ1) is 14.7. The molecule has 1 atom stereocenters. The first-order valence-corrected chi connectivity index (χ1v) is 7.68. The van der Waals surface area contributed by atoms with Crippen LogP contribution in [0.25, 0.3) is 0 Å². The Labute approximate surface area is 108 Å². The largest absolute Gasteiger partial charge is 0.411 e. The molecule has 1 N–H and O–H groups in total. The average molecular weight is 269 g/mol. The lowest BCUT2D eigenvalue weighted by Gasteiger charge is -2.16. The molecule has 0 aliphatic heterocycles. The van der Waals surface area contributed by atoms with Crippen molar-refractivity contribution in [3.05, 3.63) is 35.4 Å². The second kappa shape index (κ2) is 6.00. The number of hydrogen-bond acceptors (Lipinski definition) is 4. The van der Waals surface area contributed by atoms with Gasteiger partial charge in [0, 0.05) is 11.3 Å². The third kappa shape index (κ3) is 3.10. The highest BCUT2D eigenvalue weighted by molar-refractivity contribution is 7.92. The molecule has 1 aromatic rings. The maximum Gasteiger partial charge on any atom is 0.158 e. The molecule has 1 rings (SSSR count). The van der Waals surface area contributed by atoms with Crippen molar-refractivity contribution in [3.63, 3.8) is 0 Å². The molecule has 0 amide bonds. The molecule has 0 radical (unpaired) electrons. The highest BCUT2D eigenvalue weighted by Gasteiger charge is 2.28. The zero-order chi connectivity index (χ0) is 13.8. The maximum atomic E-state index is 12.0. The van der Waals surface area contributed by atoms with Crippen molar-refractivity contribution in [2.24, 2.45) is 5.16 Å². The third-order valence-electron chi connectivity index (χ3n) is 2.97. The van der Waals surface area contributed by atoms with Crippen LogP contribution in [-0.2, 0) is 9.84 Å². The summed E-state index contributed by atoms with van der Waals surface area (Å²) in [6.07, 6.45) is 0.392. The topological polar surface area (TPSA) is 66.7 Å². The molecule has 100 valence electrons. The van der Waals surface area contributed by atoms with Gasteiger partial charge in [-0.3, -0.25) is 0 Å². The van der Waals surface area contributed by atoms with E-state index in [1.165, 1.54) is 0 Å². The van der Waals surface area contributed by atoms with E-state index in [2.05, 4.69) is 5.16 Å². The molecule has 0 heterocycles. The van der Waals surface area contributed by atoms with Gasteiger partial charge in [0.1, 0.15) is 11.0 Å². The summed E-state index contributed by atoms with van der Waals surface area (Å²) >= 11 is 0. The van der Waals surface area contributed by atoms with E-state index in [4.69, 9.17) is 5.21 Å². The summed E-state index contributed by atoms with van der Waals surface area (Å²) in [6, 6.07) is 7.29. The summed E-state index contributed by atoms with van der Waals surface area (Å²) in [5.41, 5.74) is 1.94. The Morgan fingerprint density at radius 2 is 1.83 bits per heavy atom. The van der Waals surface area contributed by atoms with Gasteiger partial charge in [0.25, 0.3) is 0 Å². The summed E-state index contributed by atoms with van der Waals surface area (Å²) in [7, 11) is -3.27. The molecule has 0 aliphatic carbocycles. The quantitative estimate of drug-likeness (QED) is 0.507. The Balaban J connectivity index is 3.21. The average Bonchev–Trinajstić information content (AvgIpc) is 2.36. The van der Waals surface area contributed by atoms with Crippen LogP contribution in [0.5, 0.6) is 0 Å². The van der Waals surface area contributed by atoms with E-state index in [9.17, 15) is 8.42 Å². The molecule has 18 heavy (non-hydrogen) atoms. The van der Waals surface area contributed by atoms with Crippen molar-refractivity contribution in [2.45, 2.75) is 32.4 Å². The van der Waals surface area contributed by atoms with Gasteiger partial charge in [-0.2, -0.15) is 0 Å². The Bertz CT molecular complexity index is 518. The van der Waals surface area contributed by atoms with Gasteiger partial charge in [0.2, 0.25) is 0 Å². The van der Waals surface area contributed by atoms with Gasteiger partial charge < -0.3 is 5.21 Å². The summed E-state index contributed by atoms with van der Waals surface area (Å²) < 4.78 is 24.0. The van der Waals surface area contributed by atoms with E-state index in [-0.39, 0.29) is 11.5 Å². The fourth-order valence-electron chi connectivity index (χ4n) is 1.85. The van der Waals surface area contributed by atoms with Crippen molar-refractivity contribution in [3.8, 4) is 0 Å². The highest BCUT2D eigenvalue weighted by Crippen LogP contribution is 2.16. The van der Waals surface area contributed by atoms with Crippen LogP contribution in [0.15, 0.2) is 29.4 Å². The highest BCUT2D eigenvalue weighted by atomic mass is 32.2. The standard InChI is InChI=1S/C13H19NO3S/c1-4-12(18(16,17)5-2)13(14-15)11-8-6-10(3)7-9-11/h6-9,12,15H,4-5H2,1-3H3/b14-13+. The molecule has 0 aliphatic rings. The van der Waals surface area contributed by atoms with Gasteiger partial charge in [0.05, 0.1) is 0 Å². The lowest BCUT2D eigenvalue weighted by Crippen LogP contribution is -2.31. The Kier molecular flexibility index (Phi) is 4.90. The molecule has 1 aromatic carbocycles. The lowest BCUT2D eigenvalue weighted by atomic mass is 10.0. The van der Waals surface area contributed by atoms with Crippen molar-refractivity contribution in [1.29, 1.82) is 0 Å². The molecule has 0 saturated heterocycles. The van der Waals surface area contributed by atoms with Crippen LogP contribution in [0.1, 0.15) is 31.4 Å². The van der Waals surface area contributed by atoms with E-state index >= 15 is 0 Å². The Morgan fingerprint density at radius 3 is 2.22 bits per heavy atom.